The summed E-state index contributed by atoms with van der Waals surface area (Å²) in [5.74, 6) is -0.0809. The first-order valence-electron chi connectivity index (χ1n) is 6.89. The van der Waals surface area contributed by atoms with E-state index >= 15 is 0 Å². The molecule has 0 amide bonds. The Morgan fingerprint density at radius 1 is 1.24 bits per heavy atom. The molecule has 2 N–H and O–H groups in total. The zero-order valence-electron chi connectivity index (χ0n) is 11.9. The van der Waals surface area contributed by atoms with Crippen LogP contribution in [0.4, 0.5) is 5.69 Å². The van der Waals surface area contributed by atoms with Gasteiger partial charge in [-0.05, 0) is 37.1 Å². The molecule has 118 valence electrons. The summed E-state index contributed by atoms with van der Waals surface area (Å²) in [6.07, 6.45) is 1.31. The van der Waals surface area contributed by atoms with Gasteiger partial charge in [0, 0.05) is 18.3 Å². The Labute approximate surface area is 125 Å². The third kappa shape index (κ3) is 4.42. The summed E-state index contributed by atoms with van der Waals surface area (Å²) in [4.78, 5) is 0.147. The highest BCUT2D eigenvalue weighted by molar-refractivity contribution is 7.92. The molecule has 1 aromatic rings. The lowest BCUT2D eigenvalue weighted by Gasteiger charge is -2.12. The number of sulfone groups is 1. The van der Waals surface area contributed by atoms with Crippen molar-refractivity contribution in [2.24, 2.45) is 0 Å². The number of hydrogen-bond acceptors (Lipinski definition) is 5. The maximum absolute atomic E-state index is 12.2. The smallest absolute Gasteiger partial charge is 0.240 e. The predicted octanol–water partition coefficient (Wildman–Crippen LogP) is 0.974. The Morgan fingerprint density at radius 3 is 2.43 bits per heavy atom. The van der Waals surface area contributed by atoms with Crippen LogP contribution in [0, 0.1) is 0 Å². The minimum atomic E-state index is -3.67. The van der Waals surface area contributed by atoms with Crippen LogP contribution in [-0.4, -0.2) is 40.9 Å². The van der Waals surface area contributed by atoms with E-state index in [9.17, 15) is 16.8 Å². The molecule has 1 aliphatic rings. The highest BCUT2D eigenvalue weighted by Crippen LogP contribution is 2.17. The van der Waals surface area contributed by atoms with Gasteiger partial charge in [-0.2, -0.15) is 0 Å². The quantitative estimate of drug-likeness (QED) is 0.810. The second-order valence-corrected chi connectivity index (χ2v) is 9.12. The van der Waals surface area contributed by atoms with Crippen molar-refractivity contribution in [2.45, 2.75) is 30.7 Å². The second-order valence-electron chi connectivity index (χ2n) is 5.17. The highest BCUT2D eigenvalue weighted by atomic mass is 32.2. The molecule has 8 heteroatoms. The molecule has 1 aromatic carbocycles. The van der Waals surface area contributed by atoms with Crippen molar-refractivity contribution < 1.29 is 16.8 Å². The lowest BCUT2D eigenvalue weighted by atomic mass is 10.3. The van der Waals surface area contributed by atoms with Crippen molar-refractivity contribution in [2.75, 3.05) is 23.4 Å². The molecule has 1 saturated heterocycles. The molecule has 21 heavy (non-hydrogen) atoms. The molecular weight excluding hydrogens is 312 g/mol. The van der Waals surface area contributed by atoms with E-state index in [0.29, 0.717) is 6.42 Å². The van der Waals surface area contributed by atoms with E-state index in [1.54, 1.807) is 12.1 Å². The fraction of sp³-hybridized carbons (Fsp3) is 0.538. The van der Waals surface area contributed by atoms with Crippen LogP contribution in [0.25, 0.3) is 0 Å². The first-order chi connectivity index (χ1) is 9.82. The van der Waals surface area contributed by atoms with Crippen LogP contribution in [0.1, 0.15) is 19.8 Å². The largest absolute Gasteiger partial charge is 0.385 e. The van der Waals surface area contributed by atoms with Crippen LogP contribution in [0.15, 0.2) is 29.2 Å². The fourth-order valence-electron chi connectivity index (χ4n) is 2.20. The normalized spacial score (nSPS) is 21.3. The number of anilines is 1. The Hall–Kier alpha value is -1.12. The fourth-order valence-corrected chi connectivity index (χ4v) is 5.25. The molecule has 0 aromatic heterocycles. The monoisotopic (exact) mass is 332 g/mol. The van der Waals surface area contributed by atoms with Gasteiger partial charge in [-0.25, -0.2) is 21.6 Å². The van der Waals surface area contributed by atoms with Crippen molar-refractivity contribution in [1.29, 1.82) is 0 Å². The highest BCUT2D eigenvalue weighted by Gasteiger charge is 2.31. The summed E-state index contributed by atoms with van der Waals surface area (Å²) in [5, 5.41) is 3.16. The molecule has 0 radical (unpaired) electrons. The molecule has 2 rings (SSSR count). The first kappa shape index (κ1) is 16.3. The van der Waals surface area contributed by atoms with Gasteiger partial charge in [-0.1, -0.05) is 6.92 Å². The van der Waals surface area contributed by atoms with E-state index in [1.807, 2.05) is 6.92 Å². The number of sulfonamides is 1. The summed E-state index contributed by atoms with van der Waals surface area (Å²) in [5.41, 5.74) is 0.860. The minimum Gasteiger partial charge on any atom is -0.385 e. The van der Waals surface area contributed by atoms with E-state index in [4.69, 9.17) is 0 Å². The average molecular weight is 332 g/mol. The van der Waals surface area contributed by atoms with Crippen molar-refractivity contribution in [3.05, 3.63) is 24.3 Å². The summed E-state index contributed by atoms with van der Waals surface area (Å²) in [6.45, 7) is 2.87. The molecule has 0 bridgehead atoms. The van der Waals surface area contributed by atoms with Gasteiger partial charge in [-0.3, -0.25) is 0 Å². The van der Waals surface area contributed by atoms with Crippen LogP contribution in [0.3, 0.4) is 0 Å². The Kier molecular flexibility index (Phi) is 4.90. The standard InChI is InChI=1S/C13H20N2O4S2/c1-2-8-14-11-3-5-13(6-4-11)21(18,19)15-12-7-9-20(16,17)10-12/h3-6,12,14-15H,2,7-10H2,1H3. The summed E-state index contributed by atoms with van der Waals surface area (Å²) >= 11 is 0. The summed E-state index contributed by atoms with van der Waals surface area (Å²) in [7, 11) is -6.78. The third-order valence-corrected chi connectivity index (χ3v) is 6.60. The molecule has 1 fully saturated rings. The van der Waals surface area contributed by atoms with Crippen LogP contribution in [0.5, 0.6) is 0 Å². The molecule has 0 saturated carbocycles. The second kappa shape index (κ2) is 6.33. The van der Waals surface area contributed by atoms with E-state index in [1.165, 1.54) is 12.1 Å². The van der Waals surface area contributed by atoms with Gasteiger partial charge >= 0.3 is 0 Å². The molecule has 6 nitrogen and oxygen atoms in total. The molecular formula is C13H20N2O4S2. The van der Waals surface area contributed by atoms with Gasteiger partial charge in [0.25, 0.3) is 0 Å². The molecule has 1 heterocycles. The Morgan fingerprint density at radius 2 is 1.90 bits per heavy atom. The number of nitrogens with one attached hydrogen (secondary N) is 2. The average Bonchev–Trinajstić information content (AvgIpc) is 2.75. The lowest BCUT2D eigenvalue weighted by Crippen LogP contribution is -2.35. The molecule has 1 atom stereocenters. The maximum Gasteiger partial charge on any atom is 0.240 e. The molecule has 1 unspecified atom stereocenters. The van der Waals surface area contributed by atoms with E-state index in [2.05, 4.69) is 10.0 Å². The molecule has 0 spiro atoms. The van der Waals surface area contributed by atoms with E-state index in [0.717, 1.165) is 18.7 Å². The zero-order chi connectivity index (χ0) is 15.5. The van der Waals surface area contributed by atoms with Crippen LogP contribution >= 0.6 is 0 Å². The van der Waals surface area contributed by atoms with Crippen LogP contribution in [-0.2, 0) is 19.9 Å². The lowest BCUT2D eigenvalue weighted by molar-refractivity contribution is 0.562. The first-order valence-corrected chi connectivity index (χ1v) is 10.2. The third-order valence-electron chi connectivity index (χ3n) is 3.30. The van der Waals surface area contributed by atoms with Crippen molar-refractivity contribution in [3.63, 3.8) is 0 Å². The predicted molar refractivity (Wildman–Crippen MR) is 82.6 cm³/mol. The van der Waals surface area contributed by atoms with Gasteiger partial charge in [-0.15, -0.1) is 0 Å². The Bertz CT molecular complexity index is 681. The van der Waals surface area contributed by atoms with Gasteiger partial charge < -0.3 is 5.32 Å². The van der Waals surface area contributed by atoms with Gasteiger partial charge in [0.05, 0.1) is 16.4 Å². The number of benzene rings is 1. The number of rotatable bonds is 6. The van der Waals surface area contributed by atoms with Gasteiger partial charge in [0.15, 0.2) is 9.84 Å². The van der Waals surface area contributed by atoms with Gasteiger partial charge in [0.1, 0.15) is 0 Å². The summed E-state index contributed by atoms with van der Waals surface area (Å²) < 4.78 is 49.6. The minimum absolute atomic E-state index is 0.0417. The molecule has 1 aliphatic heterocycles. The summed E-state index contributed by atoms with van der Waals surface area (Å²) in [6, 6.07) is 5.91. The van der Waals surface area contributed by atoms with E-state index in [-0.39, 0.29) is 16.4 Å². The van der Waals surface area contributed by atoms with Crippen LogP contribution < -0.4 is 10.0 Å². The van der Waals surface area contributed by atoms with Crippen molar-refractivity contribution >= 4 is 25.5 Å². The van der Waals surface area contributed by atoms with Crippen molar-refractivity contribution in [1.82, 2.24) is 4.72 Å². The van der Waals surface area contributed by atoms with E-state index < -0.39 is 25.9 Å². The van der Waals surface area contributed by atoms with Crippen molar-refractivity contribution in [3.8, 4) is 0 Å². The zero-order valence-corrected chi connectivity index (χ0v) is 13.5. The maximum atomic E-state index is 12.2. The topological polar surface area (TPSA) is 92.3 Å². The van der Waals surface area contributed by atoms with Gasteiger partial charge in [0.2, 0.25) is 10.0 Å². The Balaban J connectivity index is 2.06. The number of hydrogen-bond donors (Lipinski definition) is 2. The SMILES string of the molecule is CCCNc1ccc(S(=O)(=O)NC2CCS(=O)(=O)C2)cc1. The van der Waals surface area contributed by atoms with Crippen LogP contribution in [0.2, 0.25) is 0 Å². The molecule has 0 aliphatic carbocycles.